The maximum atomic E-state index is 14.3. The highest BCUT2D eigenvalue weighted by Crippen LogP contribution is 2.22. The smallest absolute Gasteiger partial charge is 0.407 e. The Labute approximate surface area is 210 Å². The number of carbonyl (C=O) groups excluding carboxylic acids is 2. The van der Waals surface area contributed by atoms with Gasteiger partial charge >= 0.3 is 6.09 Å². The average Bonchev–Trinajstić information content (AvgIpc) is 2.67. The number of carbonyl (C=O) groups is 2. The molecule has 0 aliphatic heterocycles. The second-order valence-corrected chi connectivity index (χ2v) is 10.9. The summed E-state index contributed by atoms with van der Waals surface area (Å²) in [5.74, 6) is -1.69. The third-order valence-corrected chi connectivity index (χ3v) is 5.08. The summed E-state index contributed by atoms with van der Waals surface area (Å²) in [6.45, 7) is 10.5. The lowest BCUT2D eigenvalue weighted by molar-refractivity contribution is 0.0421. The summed E-state index contributed by atoms with van der Waals surface area (Å²) < 4.78 is 33.4. The van der Waals surface area contributed by atoms with Crippen LogP contribution in [-0.2, 0) is 17.6 Å². The maximum Gasteiger partial charge on any atom is 0.407 e. The molecule has 0 spiro atoms. The Hall–Kier alpha value is -2.71. The summed E-state index contributed by atoms with van der Waals surface area (Å²) in [7, 11) is 0. The zero-order valence-electron chi connectivity index (χ0n) is 20.8. The van der Waals surface area contributed by atoms with Crippen molar-refractivity contribution in [3.63, 3.8) is 0 Å². The Morgan fingerprint density at radius 2 is 1.66 bits per heavy atom. The third-order valence-electron chi connectivity index (χ3n) is 4.84. The number of ether oxygens (including phenoxy) is 1. The number of aliphatic hydroxyl groups is 1. The van der Waals surface area contributed by atoms with Crippen LogP contribution in [0.25, 0.3) is 0 Å². The maximum absolute atomic E-state index is 14.3. The van der Waals surface area contributed by atoms with E-state index in [0.717, 1.165) is 18.2 Å². The topological polar surface area (TPSA) is 87.7 Å². The van der Waals surface area contributed by atoms with Crippen LogP contribution in [0.5, 0.6) is 0 Å². The number of benzene rings is 2. The van der Waals surface area contributed by atoms with Crippen LogP contribution in [0.4, 0.5) is 13.6 Å². The molecule has 0 saturated heterocycles. The van der Waals surface area contributed by atoms with E-state index in [-0.39, 0.29) is 24.3 Å². The first-order valence-electron chi connectivity index (χ1n) is 11.3. The first-order chi connectivity index (χ1) is 16.0. The molecule has 2 aromatic rings. The summed E-state index contributed by atoms with van der Waals surface area (Å²) in [5.41, 5.74) is -0.599. The van der Waals surface area contributed by atoms with Crippen molar-refractivity contribution >= 4 is 23.6 Å². The van der Waals surface area contributed by atoms with Crippen molar-refractivity contribution in [1.29, 1.82) is 0 Å². The molecule has 192 valence electrons. The van der Waals surface area contributed by atoms with Gasteiger partial charge in [0.15, 0.2) is 0 Å². The number of rotatable bonds is 7. The Balaban J connectivity index is 2.36. The average molecular weight is 511 g/mol. The molecular formula is C26H33ClF2N2O4. The van der Waals surface area contributed by atoms with Crippen molar-refractivity contribution in [3.05, 3.63) is 69.7 Å². The molecule has 0 bridgehead atoms. The van der Waals surface area contributed by atoms with E-state index >= 15 is 0 Å². The molecule has 0 aliphatic rings. The fourth-order valence-corrected chi connectivity index (χ4v) is 3.60. The molecule has 2 aromatic carbocycles. The number of halogens is 3. The summed E-state index contributed by atoms with van der Waals surface area (Å²) >= 11 is 6.15. The molecule has 0 radical (unpaired) electrons. The Bertz CT molecular complexity index is 1060. The van der Waals surface area contributed by atoms with Crippen molar-refractivity contribution in [3.8, 4) is 0 Å². The molecule has 2 amide bonds. The van der Waals surface area contributed by atoms with Crippen LogP contribution in [-0.4, -0.2) is 40.4 Å². The minimum atomic E-state index is -1.29. The first kappa shape index (κ1) is 28.5. The van der Waals surface area contributed by atoms with Crippen molar-refractivity contribution < 1.29 is 28.2 Å². The third kappa shape index (κ3) is 9.45. The molecule has 9 heteroatoms. The van der Waals surface area contributed by atoms with E-state index in [9.17, 15) is 23.5 Å². The number of hydrogen-bond acceptors (Lipinski definition) is 4. The SMILES string of the molecule is CC(C)(C)NC(=O)c1ccc(Cl)cc1C[C@H](O)[C@@H](Cc1cc(F)ccc1F)NC(=O)OC(C)(C)C. The molecule has 0 fully saturated rings. The number of aliphatic hydroxyl groups excluding tert-OH is 1. The van der Waals surface area contributed by atoms with Gasteiger partial charge in [-0.2, -0.15) is 0 Å². The molecule has 2 rings (SSSR count). The Morgan fingerprint density at radius 3 is 2.26 bits per heavy atom. The van der Waals surface area contributed by atoms with Crippen LogP contribution < -0.4 is 10.6 Å². The van der Waals surface area contributed by atoms with Gasteiger partial charge in [-0.1, -0.05) is 11.6 Å². The van der Waals surface area contributed by atoms with Gasteiger partial charge < -0.3 is 20.5 Å². The highest BCUT2D eigenvalue weighted by Gasteiger charge is 2.28. The van der Waals surface area contributed by atoms with Crippen molar-refractivity contribution in [1.82, 2.24) is 10.6 Å². The predicted octanol–water partition coefficient (Wildman–Crippen LogP) is 5.19. The van der Waals surface area contributed by atoms with Crippen LogP contribution in [0, 0.1) is 11.6 Å². The zero-order valence-corrected chi connectivity index (χ0v) is 21.6. The summed E-state index contributed by atoms with van der Waals surface area (Å²) in [6.07, 6.45) is -2.42. The van der Waals surface area contributed by atoms with E-state index in [4.69, 9.17) is 16.3 Å². The van der Waals surface area contributed by atoms with Gasteiger partial charge in [-0.15, -0.1) is 0 Å². The molecule has 3 N–H and O–H groups in total. The van der Waals surface area contributed by atoms with Crippen LogP contribution in [0.2, 0.25) is 5.02 Å². The first-order valence-corrected chi connectivity index (χ1v) is 11.6. The largest absolute Gasteiger partial charge is 0.444 e. The van der Waals surface area contributed by atoms with Gasteiger partial charge in [0.05, 0.1) is 12.1 Å². The number of amides is 2. The number of alkyl carbamates (subject to hydrolysis) is 1. The van der Waals surface area contributed by atoms with Crippen molar-refractivity contribution in [2.45, 2.75) is 77.7 Å². The fraction of sp³-hybridized carbons (Fsp3) is 0.462. The molecular weight excluding hydrogens is 478 g/mol. The second kappa shape index (κ2) is 11.4. The van der Waals surface area contributed by atoms with Crippen LogP contribution in [0.15, 0.2) is 36.4 Å². The van der Waals surface area contributed by atoms with Gasteiger partial charge in [-0.3, -0.25) is 4.79 Å². The normalized spacial score (nSPS) is 13.7. The van der Waals surface area contributed by atoms with Crippen LogP contribution in [0.1, 0.15) is 63.0 Å². The minimum Gasteiger partial charge on any atom is -0.444 e. The van der Waals surface area contributed by atoms with Gasteiger partial charge in [0, 0.05) is 22.5 Å². The van der Waals surface area contributed by atoms with Gasteiger partial charge in [0.2, 0.25) is 0 Å². The molecule has 0 saturated carbocycles. The quantitative estimate of drug-likeness (QED) is 0.478. The summed E-state index contributed by atoms with van der Waals surface area (Å²) in [5, 5.41) is 16.9. The van der Waals surface area contributed by atoms with Gasteiger partial charge in [0.1, 0.15) is 17.2 Å². The van der Waals surface area contributed by atoms with Gasteiger partial charge in [-0.25, -0.2) is 13.6 Å². The highest BCUT2D eigenvalue weighted by molar-refractivity contribution is 6.30. The lowest BCUT2D eigenvalue weighted by atomic mass is 9.93. The van der Waals surface area contributed by atoms with Crippen LogP contribution >= 0.6 is 11.6 Å². The van der Waals surface area contributed by atoms with E-state index < -0.39 is 41.0 Å². The number of hydrogen-bond donors (Lipinski definition) is 3. The monoisotopic (exact) mass is 510 g/mol. The molecule has 0 heterocycles. The second-order valence-electron chi connectivity index (χ2n) is 10.5. The summed E-state index contributed by atoms with van der Waals surface area (Å²) in [6, 6.07) is 6.58. The Kier molecular flexibility index (Phi) is 9.25. The molecule has 35 heavy (non-hydrogen) atoms. The van der Waals surface area contributed by atoms with Gasteiger partial charge in [0.25, 0.3) is 5.91 Å². The lowest BCUT2D eigenvalue weighted by Gasteiger charge is -2.28. The van der Waals surface area contributed by atoms with Gasteiger partial charge in [-0.05, 0) is 95.5 Å². The standard InChI is InChI=1S/C26H33ClF2N2O4/c1-25(2,3)31-23(33)19-9-7-17(27)11-15(19)14-22(32)21(30-24(34)35-26(4,5)6)13-16-12-18(28)8-10-20(16)29/h7-12,21-22,32H,13-14H2,1-6H3,(H,30,34)(H,31,33)/t21-,22+/m1/s1. The van der Waals surface area contributed by atoms with Crippen molar-refractivity contribution in [2.24, 2.45) is 0 Å². The summed E-state index contributed by atoms with van der Waals surface area (Å²) in [4.78, 5) is 25.3. The zero-order chi connectivity index (χ0) is 26.6. The van der Waals surface area contributed by atoms with E-state index in [1.165, 1.54) is 0 Å². The van der Waals surface area contributed by atoms with Crippen molar-refractivity contribution in [2.75, 3.05) is 0 Å². The highest BCUT2D eigenvalue weighted by atomic mass is 35.5. The predicted molar refractivity (Wildman–Crippen MR) is 132 cm³/mol. The molecule has 0 aromatic heterocycles. The van der Waals surface area contributed by atoms with Crippen LogP contribution in [0.3, 0.4) is 0 Å². The Morgan fingerprint density at radius 1 is 1.00 bits per heavy atom. The lowest BCUT2D eigenvalue weighted by Crippen LogP contribution is -2.48. The molecule has 2 atom stereocenters. The fourth-order valence-electron chi connectivity index (χ4n) is 3.41. The van der Waals surface area contributed by atoms with E-state index in [1.807, 2.05) is 20.8 Å². The molecule has 0 aliphatic carbocycles. The molecule has 6 nitrogen and oxygen atoms in total. The minimum absolute atomic E-state index is 0.0260. The van der Waals surface area contributed by atoms with E-state index in [1.54, 1.807) is 39.0 Å². The number of nitrogens with one attached hydrogen (secondary N) is 2. The molecule has 0 unspecified atom stereocenters. The van der Waals surface area contributed by atoms with E-state index in [0.29, 0.717) is 16.1 Å². The van der Waals surface area contributed by atoms with E-state index in [2.05, 4.69) is 10.6 Å².